The van der Waals surface area contributed by atoms with E-state index in [0.29, 0.717) is 6.42 Å². The van der Waals surface area contributed by atoms with Gasteiger partial charge in [0.1, 0.15) is 0 Å². The van der Waals surface area contributed by atoms with Gasteiger partial charge in [0.15, 0.2) is 0 Å². The summed E-state index contributed by atoms with van der Waals surface area (Å²) < 4.78 is 37.5. The van der Waals surface area contributed by atoms with Crippen LogP contribution in [0, 0.1) is 5.92 Å². The van der Waals surface area contributed by atoms with E-state index in [1.165, 1.54) is 5.56 Å². The fraction of sp³-hybridized carbons (Fsp3) is 0.562. The first-order valence-electron chi connectivity index (χ1n) is 7.54. The molecule has 1 aromatic carbocycles. The van der Waals surface area contributed by atoms with E-state index in [2.05, 4.69) is 24.0 Å². The average Bonchev–Trinajstić information content (AvgIpc) is 2.47. The van der Waals surface area contributed by atoms with Crippen molar-refractivity contribution in [3.05, 3.63) is 35.9 Å². The number of rotatable bonds is 2. The maximum Gasteiger partial charge on any atom is 0.471 e. The summed E-state index contributed by atoms with van der Waals surface area (Å²) in [6.45, 7) is 3.29. The molecule has 3 rings (SSSR count). The lowest BCUT2D eigenvalue weighted by molar-refractivity contribution is -0.191. The molecule has 2 aliphatic heterocycles. The minimum absolute atomic E-state index is 0.159. The molecule has 0 spiro atoms. The van der Waals surface area contributed by atoms with Gasteiger partial charge in [-0.25, -0.2) is 0 Å². The molecule has 1 aromatic rings. The number of carbonyl (C=O) groups is 1. The molecule has 120 valence electrons. The second-order valence-electron chi connectivity index (χ2n) is 6.15. The number of likely N-dealkylation sites (tertiary alicyclic amines) is 2. The molecule has 2 fully saturated rings. The number of nitrogens with zero attached hydrogens (tertiary/aromatic N) is 2. The van der Waals surface area contributed by atoms with Gasteiger partial charge in [0.2, 0.25) is 0 Å². The second-order valence-corrected chi connectivity index (χ2v) is 6.15. The van der Waals surface area contributed by atoms with Gasteiger partial charge in [0.25, 0.3) is 0 Å². The predicted octanol–water partition coefficient (Wildman–Crippen LogP) is 2.84. The number of carbonyl (C=O) groups excluding carboxylic acids is 1. The Balaban J connectivity index is 1.61. The molecule has 6 heteroatoms. The van der Waals surface area contributed by atoms with Gasteiger partial charge in [-0.15, -0.1) is 0 Å². The lowest BCUT2D eigenvalue weighted by atomic mass is 9.80. The van der Waals surface area contributed by atoms with Gasteiger partial charge < -0.3 is 4.90 Å². The topological polar surface area (TPSA) is 23.6 Å². The van der Waals surface area contributed by atoms with Crippen molar-refractivity contribution < 1.29 is 18.0 Å². The van der Waals surface area contributed by atoms with Crippen LogP contribution in [0.4, 0.5) is 13.2 Å². The molecule has 3 atom stereocenters. The van der Waals surface area contributed by atoms with Crippen molar-refractivity contribution in [2.24, 2.45) is 5.92 Å². The number of halogens is 3. The number of benzene rings is 1. The van der Waals surface area contributed by atoms with Crippen molar-refractivity contribution in [2.45, 2.75) is 31.6 Å². The van der Waals surface area contributed by atoms with E-state index in [0.717, 1.165) is 11.4 Å². The van der Waals surface area contributed by atoms with Crippen LogP contribution >= 0.6 is 0 Å². The van der Waals surface area contributed by atoms with Gasteiger partial charge in [-0.3, -0.25) is 9.69 Å². The lowest BCUT2D eigenvalue weighted by Gasteiger charge is -2.55. The van der Waals surface area contributed by atoms with Gasteiger partial charge in [0, 0.05) is 37.6 Å². The Bertz CT molecular complexity index is 546. The highest BCUT2D eigenvalue weighted by Crippen LogP contribution is 2.39. The van der Waals surface area contributed by atoms with Crippen molar-refractivity contribution in [1.82, 2.24) is 9.80 Å². The Labute approximate surface area is 127 Å². The summed E-state index contributed by atoms with van der Waals surface area (Å²) in [5, 5.41) is 0. The molecule has 0 saturated carbocycles. The number of hydrogen-bond donors (Lipinski definition) is 0. The van der Waals surface area contributed by atoms with Gasteiger partial charge in [-0.2, -0.15) is 13.2 Å². The fourth-order valence-corrected chi connectivity index (χ4v) is 3.64. The zero-order valence-electron chi connectivity index (χ0n) is 12.4. The average molecular weight is 312 g/mol. The Kier molecular flexibility index (Phi) is 3.89. The van der Waals surface area contributed by atoms with Crippen LogP contribution < -0.4 is 0 Å². The van der Waals surface area contributed by atoms with Crippen LogP contribution in [0.3, 0.4) is 0 Å². The highest BCUT2D eigenvalue weighted by Gasteiger charge is 2.49. The van der Waals surface area contributed by atoms with E-state index in [1.807, 2.05) is 18.2 Å². The molecular weight excluding hydrogens is 293 g/mol. The summed E-state index contributed by atoms with van der Waals surface area (Å²) in [7, 11) is 0. The van der Waals surface area contributed by atoms with Crippen LogP contribution in [0.25, 0.3) is 0 Å². The molecule has 2 heterocycles. The summed E-state index contributed by atoms with van der Waals surface area (Å²) >= 11 is 0. The Morgan fingerprint density at radius 3 is 2.50 bits per heavy atom. The molecular formula is C16H19F3N2O. The molecule has 0 radical (unpaired) electrons. The van der Waals surface area contributed by atoms with Crippen molar-refractivity contribution >= 4 is 5.91 Å². The quantitative estimate of drug-likeness (QED) is 0.838. The van der Waals surface area contributed by atoms with E-state index < -0.39 is 12.1 Å². The molecule has 2 saturated heterocycles. The summed E-state index contributed by atoms with van der Waals surface area (Å²) in [4.78, 5) is 14.6. The second kappa shape index (κ2) is 5.57. The zero-order chi connectivity index (χ0) is 15.9. The van der Waals surface area contributed by atoms with Gasteiger partial charge in [-0.1, -0.05) is 30.3 Å². The number of fused-ring (bicyclic) bond motifs is 1. The van der Waals surface area contributed by atoms with Gasteiger partial charge >= 0.3 is 12.1 Å². The monoisotopic (exact) mass is 312 g/mol. The molecule has 0 aromatic heterocycles. The summed E-state index contributed by atoms with van der Waals surface area (Å²) in [6, 6.07) is 10.6. The first kappa shape index (κ1) is 15.3. The van der Waals surface area contributed by atoms with E-state index in [9.17, 15) is 18.0 Å². The predicted molar refractivity (Wildman–Crippen MR) is 76.1 cm³/mol. The van der Waals surface area contributed by atoms with Crippen LogP contribution in [-0.4, -0.2) is 47.6 Å². The number of alkyl halides is 3. The molecule has 0 aliphatic carbocycles. The smallest absolute Gasteiger partial charge is 0.334 e. The standard InChI is InChI=1S/C16H19F3N2O/c1-11(12-5-3-2-4-6-12)21-10-13-9-20(8-7-14(13)21)15(22)16(17,18)19/h2-6,11,13-14H,7-10H2,1H3/t11-,13+,14+/m1/s1. The molecule has 0 N–H and O–H groups in total. The summed E-state index contributed by atoms with van der Waals surface area (Å²) in [5.74, 6) is -1.54. The number of amides is 1. The van der Waals surface area contributed by atoms with E-state index in [1.54, 1.807) is 0 Å². The molecule has 0 bridgehead atoms. The van der Waals surface area contributed by atoms with Crippen molar-refractivity contribution in [3.8, 4) is 0 Å². The third-order valence-corrected chi connectivity index (χ3v) is 4.87. The number of piperidine rings is 1. The van der Waals surface area contributed by atoms with Crippen LogP contribution in [0.5, 0.6) is 0 Å². The highest BCUT2D eigenvalue weighted by atomic mass is 19.4. The molecule has 3 nitrogen and oxygen atoms in total. The van der Waals surface area contributed by atoms with Crippen LogP contribution in [-0.2, 0) is 4.79 Å². The Morgan fingerprint density at radius 2 is 1.91 bits per heavy atom. The molecule has 2 aliphatic rings. The minimum Gasteiger partial charge on any atom is -0.334 e. The van der Waals surface area contributed by atoms with Gasteiger partial charge in [-0.05, 0) is 18.9 Å². The third kappa shape index (κ3) is 2.72. The summed E-state index contributed by atoms with van der Waals surface area (Å²) in [6.07, 6.45) is -4.14. The zero-order valence-corrected chi connectivity index (χ0v) is 12.4. The Hall–Kier alpha value is -1.56. The maximum atomic E-state index is 12.5. The van der Waals surface area contributed by atoms with Crippen molar-refractivity contribution in [1.29, 1.82) is 0 Å². The number of hydrogen-bond acceptors (Lipinski definition) is 2. The van der Waals surface area contributed by atoms with Crippen molar-refractivity contribution in [3.63, 3.8) is 0 Å². The first-order valence-corrected chi connectivity index (χ1v) is 7.54. The van der Waals surface area contributed by atoms with E-state index in [-0.39, 0.29) is 31.1 Å². The largest absolute Gasteiger partial charge is 0.471 e. The molecule has 22 heavy (non-hydrogen) atoms. The van der Waals surface area contributed by atoms with Crippen LogP contribution in [0.1, 0.15) is 24.9 Å². The third-order valence-electron chi connectivity index (χ3n) is 4.87. The van der Waals surface area contributed by atoms with E-state index >= 15 is 0 Å². The first-order chi connectivity index (χ1) is 10.4. The van der Waals surface area contributed by atoms with Crippen LogP contribution in [0.2, 0.25) is 0 Å². The summed E-state index contributed by atoms with van der Waals surface area (Å²) in [5.41, 5.74) is 1.22. The van der Waals surface area contributed by atoms with Crippen LogP contribution in [0.15, 0.2) is 30.3 Å². The Morgan fingerprint density at radius 1 is 1.23 bits per heavy atom. The molecule has 1 amide bonds. The minimum atomic E-state index is -4.76. The SMILES string of the molecule is C[C@H](c1ccccc1)N1C[C@@H]2CN(C(=O)C(F)(F)F)CC[C@@H]21. The normalized spacial score (nSPS) is 27.0. The lowest BCUT2D eigenvalue weighted by Crippen LogP contribution is -2.65. The van der Waals surface area contributed by atoms with Crippen molar-refractivity contribution in [2.75, 3.05) is 19.6 Å². The maximum absolute atomic E-state index is 12.5. The highest BCUT2D eigenvalue weighted by molar-refractivity contribution is 5.82. The van der Waals surface area contributed by atoms with Gasteiger partial charge in [0.05, 0.1) is 0 Å². The van der Waals surface area contributed by atoms with E-state index in [4.69, 9.17) is 0 Å². The fourth-order valence-electron chi connectivity index (χ4n) is 3.64. The molecule has 0 unspecified atom stereocenters.